The van der Waals surface area contributed by atoms with Gasteiger partial charge in [-0.3, -0.25) is 4.79 Å². The summed E-state index contributed by atoms with van der Waals surface area (Å²) in [7, 11) is 0. The summed E-state index contributed by atoms with van der Waals surface area (Å²) in [6.07, 6.45) is 1.18. The SMILES string of the molecule is O=C(C=CF)N1CCOCC1. The molecule has 0 spiro atoms. The second-order valence-electron chi connectivity index (χ2n) is 2.23. The minimum atomic E-state index is -0.282. The standard InChI is InChI=1S/C7H10FNO2/c8-2-1-7(10)9-3-5-11-6-4-9/h1-2H,3-6H2. The lowest BCUT2D eigenvalue weighted by atomic mass is 10.4. The molecule has 0 aromatic rings. The third-order valence-corrected chi connectivity index (χ3v) is 1.53. The Balaban J connectivity index is 2.38. The van der Waals surface area contributed by atoms with Crippen LogP contribution in [0.5, 0.6) is 0 Å². The molecule has 0 N–H and O–H groups in total. The number of carbonyl (C=O) groups excluding carboxylic acids is 1. The maximum Gasteiger partial charge on any atom is 0.249 e. The molecule has 4 heteroatoms. The van der Waals surface area contributed by atoms with Crippen LogP contribution in [0.4, 0.5) is 4.39 Å². The van der Waals surface area contributed by atoms with E-state index in [2.05, 4.69) is 0 Å². The lowest BCUT2D eigenvalue weighted by Gasteiger charge is -2.25. The Kier molecular flexibility index (Phi) is 3.04. The van der Waals surface area contributed by atoms with Gasteiger partial charge in [0.25, 0.3) is 0 Å². The zero-order chi connectivity index (χ0) is 8.10. The summed E-state index contributed by atoms with van der Waals surface area (Å²) < 4.78 is 16.6. The molecule has 1 rings (SSSR count). The van der Waals surface area contributed by atoms with Gasteiger partial charge in [0.15, 0.2) is 0 Å². The molecular weight excluding hydrogens is 149 g/mol. The van der Waals surface area contributed by atoms with Crippen LogP contribution in [0.15, 0.2) is 12.4 Å². The van der Waals surface area contributed by atoms with Crippen molar-refractivity contribution in [3.05, 3.63) is 12.4 Å². The van der Waals surface area contributed by atoms with Crippen molar-refractivity contribution in [2.24, 2.45) is 0 Å². The van der Waals surface area contributed by atoms with E-state index in [0.717, 1.165) is 6.08 Å². The second kappa shape index (κ2) is 4.08. The predicted molar refractivity (Wildman–Crippen MR) is 37.6 cm³/mol. The van der Waals surface area contributed by atoms with Crippen LogP contribution in [-0.4, -0.2) is 37.1 Å². The van der Waals surface area contributed by atoms with Crippen molar-refractivity contribution in [1.29, 1.82) is 0 Å². The van der Waals surface area contributed by atoms with Crippen LogP contribution in [-0.2, 0) is 9.53 Å². The largest absolute Gasteiger partial charge is 0.378 e. The van der Waals surface area contributed by atoms with Crippen molar-refractivity contribution in [2.45, 2.75) is 0 Å². The first kappa shape index (κ1) is 8.20. The van der Waals surface area contributed by atoms with Crippen LogP contribution in [0, 0.1) is 0 Å². The van der Waals surface area contributed by atoms with E-state index in [1.807, 2.05) is 0 Å². The zero-order valence-corrected chi connectivity index (χ0v) is 6.12. The number of amides is 1. The highest BCUT2D eigenvalue weighted by Gasteiger charge is 2.13. The van der Waals surface area contributed by atoms with Gasteiger partial charge >= 0.3 is 0 Å². The predicted octanol–water partition coefficient (Wildman–Crippen LogP) is 0.328. The van der Waals surface area contributed by atoms with Crippen LogP contribution in [0.1, 0.15) is 0 Å². The summed E-state index contributed by atoms with van der Waals surface area (Å²) in [6, 6.07) is 0. The molecule has 1 fully saturated rings. The second-order valence-corrected chi connectivity index (χ2v) is 2.23. The number of ether oxygens (including phenoxy) is 1. The van der Waals surface area contributed by atoms with E-state index in [9.17, 15) is 9.18 Å². The molecule has 0 aromatic carbocycles. The van der Waals surface area contributed by atoms with Gasteiger partial charge in [0.2, 0.25) is 5.91 Å². The molecule has 1 aliphatic rings. The van der Waals surface area contributed by atoms with Crippen LogP contribution in [0.3, 0.4) is 0 Å². The normalized spacial score (nSPS) is 19.2. The first-order valence-corrected chi connectivity index (χ1v) is 3.48. The molecule has 0 aromatic heterocycles. The topological polar surface area (TPSA) is 29.5 Å². The fraction of sp³-hybridized carbons (Fsp3) is 0.571. The number of hydrogen-bond donors (Lipinski definition) is 0. The van der Waals surface area contributed by atoms with Crippen LogP contribution in [0.25, 0.3) is 0 Å². The molecule has 1 aliphatic heterocycles. The highest BCUT2D eigenvalue weighted by Crippen LogP contribution is 1.97. The van der Waals surface area contributed by atoms with E-state index >= 15 is 0 Å². The first-order valence-electron chi connectivity index (χ1n) is 3.48. The Morgan fingerprint density at radius 1 is 1.45 bits per heavy atom. The van der Waals surface area contributed by atoms with E-state index < -0.39 is 0 Å². The summed E-state index contributed by atoms with van der Waals surface area (Å²) in [5.74, 6) is -0.282. The Bertz CT molecular complexity index is 164. The number of rotatable bonds is 1. The summed E-state index contributed by atoms with van der Waals surface area (Å²) >= 11 is 0. The van der Waals surface area contributed by atoms with E-state index in [-0.39, 0.29) is 12.2 Å². The molecule has 0 bridgehead atoms. The summed E-state index contributed by atoms with van der Waals surface area (Å²) in [5, 5.41) is 0. The molecular formula is C7H10FNO2. The van der Waals surface area contributed by atoms with Gasteiger partial charge in [-0.15, -0.1) is 0 Å². The average molecular weight is 159 g/mol. The van der Waals surface area contributed by atoms with Gasteiger partial charge in [0, 0.05) is 19.2 Å². The van der Waals surface area contributed by atoms with E-state index in [4.69, 9.17) is 4.74 Å². The molecule has 0 atom stereocenters. The maximum absolute atomic E-state index is 11.5. The Morgan fingerprint density at radius 3 is 2.64 bits per heavy atom. The van der Waals surface area contributed by atoms with Gasteiger partial charge in [0.05, 0.1) is 19.5 Å². The summed E-state index contributed by atoms with van der Waals surface area (Å²) in [4.78, 5) is 12.5. The quantitative estimate of drug-likeness (QED) is 0.516. The van der Waals surface area contributed by atoms with Crippen molar-refractivity contribution in [3.63, 3.8) is 0 Å². The molecule has 1 amide bonds. The van der Waals surface area contributed by atoms with E-state index in [1.54, 1.807) is 4.90 Å². The molecule has 0 saturated carbocycles. The Hall–Kier alpha value is -0.900. The van der Waals surface area contributed by atoms with Gasteiger partial charge in [-0.1, -0.05) is 0 Å². The first-order chi connectivity index (χ1) is 5.34. The molecule has 0 radical (unpaired) electrons. The molecule has 3 nitrogen and oxygen atoms in total. The van der Waals surface area contributed by atoms with E-state index in [0.29, 0.717) is 26.3 Å². The number of hydrogen-bond acceptors (Lipinski definition) is 2. The number of nitrogens with zero attached hydrogens (tertiary/aromatic N) is 1. The number of morpholine rings is 1. The monoisotopic (exact) mass is 159 g/mol. The lowest BCUT2D eigenvalue weighted by Crippen LogP contribution is -2.39. The van der Waals surface area contributed by atoms with Crippen LogP contribution >= 0.6 is 0 Å². The zero-order valence-electron chi connectivity index (χ0n) is 6.12. The maximum atomic E-state index is 11.5. The fourth-order valence-electron chi connectivity index (χ4n) is 0.943. The van der Waals surface area contributed by atoms with Crippen molar-refractivity contribution >= 4 is 5.91 Å². The minimum Gasteiger partial charge on any atom is -0.378 e. The number of halogens is 1. The summed E-state index contributed by atoms with van der Waals surface area (Å²) in [5.41, 5.74) is 0. The molecule has 0 aliphatic carbocycles. The van der Waals surface area contributed by atoms with Gasteiger partial charge in [-0.05, 0) is 0 Å². The lowest BCUT2D eigenvalue weighted by molar-refractivity contribution is -0.130. The van der Waals surface area contributed by atoms with Crippen molar-refractivity contribution in [3.8, 4) is 0 Å². The Labute approximate surface area is 64.4 Å². The van der Waals surface area contributed by atoms with Crippen molar-refractivity contribution in [1.82, 2.24) is 4.90 Å². The Morgan fingerprint density at radius 2 is 2.09 bits per heavy atom. The highest BCUT2D eigenvalue weighted by molar-refractivity contribution is 5.87. The van der Waals surface area contributed by atoms with E-state index in [1.165, 1.54) is 0 Å². The minimum absolute atomic E-state index is 0.262. The van der Waals surface area contributed by atoms with Gasteiger partial charge < -0.3 is 9.64 Å². The van der Waals surface area contributed by atoms with Crippen molar-refractivity contribution < 1.29 is 13.9 Å². The van der Waals surface area contributed by atoms with Gasteiger partial charge in [-0.2, -0.15) is 0 Å². The third kappa shape index (κ3) is 2.31. The molecule has 1 saturated heterocycles. The summed E-state index contributed by atoms with van der Waals surface area (Å²) in [6.45, 7) is 2.21. The highest BCUT2D eigenvalue weighted by atomic mass is 19.1. The van der Waals surface area contributed by atoms with Crippen LogP contribution in [0.2, 0.25) is 0 Å². The van der Waals surface area contributed by atoms with Gasteiger partial charge in [0.1, 0.15) is 0 Å². The van der Waals surface area contributed by atoms with Gasteiger partial charge in [-0.25, -0.2) is 4.39 Å². The smallest absolute Gasteiger partial charge is 0.249 e. The third-order valence-electron chi connectivity index (χ3n) is 1.53. The molecule has 11 heavy (non-hydrogen) atoms. The van der Waals surface area contributed by atoms with Crippen molar-refractivity contribution in [2.75, 3.05) is 26.3 Å². The molecule has 62 valence electrons. The molecule has 1 heterocycles. The molecule has 0 unspecified atom stereocenters. The number of carbonyl (C=O) groups is 1. The average Bonchev–Trinajstić information content (AvgIpc) is 2.07. The van der Waals surface area contributed by atoms with Crippen LogP contribution < -0.4 is 0 Å². The fourth-order valence-corrected chi connectivity index (χ4v) is 0.943.